The van der Waals surface area contributed by atoms with Crippen molar-refractivity contribution in [2.45, 2.75) is 31.8 Å². The van der Waals surface area contributed by atoms with Crippen LogP contribution in [0.3, 0.4) is 0 Å². The van der Waals surface area contributed by atoms with Gasteiger partial charge in [0.05, 0.1) is 0 Å². The van der Waals surface area contributed by atoms with Crippen LogP contribution in [0.4, 0.5) is 0 Å². The Morgan fingerprint density at radius 3 is 1.82 bits per heavy atom. The standard InChI is InChI=1S/C19H23OP.W/c20-19(16-9-7-8-10-16)15-21(17-11-3-1-4-12-17)18-13-5-2-6-14-18;/h1-6,11-14,16,19-20H,7-10,15H2;/t19-;/m0./s1. The minimum atomic E-state index is -1.45. The summed E-state index contributed by atoms with van der Waals surface area (Å²) < 4.78 is 0. The van der Waals surface area contributed by atoms with Gasteiger partial charge in [0.1, 0.15) is 0 Å². The topological polar surface area (TPSA) is 20.2 Å². The van der Waals surface area contributed by atoms with Crippen LogP contribution >= 0.6 is 4.90 Å². The minimum absolute atomic E-state index is 0.145. The number of hydrogen-bond donors (Lipinski definition) is 1. The third-order valence-electron chi connectivity index (χ3n) is 4.73. The van der Waals surface area contributed by atoms with Crippen LogP contribution in [0.1, 0.15) is 25.7 Å². The van der Waals surface area contributed by atoms with Crippen molar-refractivity contribution in [1.82, 2.24) is 0 Å². The van der Waals surface area contributed by atoms with Gasteiger partial charge in [-0.2, -0.15) is 0 Å². The maximum absolute atomic E-state index is 10.8. The van der Waals surface area contributed by atoms with Crippen LogP contribution in [0.5, 0.6) is 0 Å². The Morgan fingerprint density at radius 1 is 0.909 bits per heavy atom. The summed E-state index contributed by atoms with van der Waals surface area (Å²) in [6.45, 7) is 0. The molecule has 2 aromatic carbocycles. The van der Waals surface area contributed by atoms with Crippen LogP contribution < -0.4 is 10.6 Å². The fraction of sp³-hybridized carbons (Fsp3) is 0.368. The molecule has 0 spiro atoms. The van der Waals surface area contributed by atoms with Gasteiger partial charge in [-0.05, 0) is 0 Å². The molecule has 1 aliphatic carbocycles. The monoisotopic (exact) mass is 482 g/mol. The Balaban J connectivity index is 1.95. The molecule has 22 heavy (non-hydrogen) atoms. The molecule has 1 nitrogen and oxygen atoms in total. The van der Waals surface area contributed by atoms with Gasteiger partial charge in [-0.25, -0.2) is 0 Å². The molecule has 1 aliphatic rings. The number of aliphatic hydroxyl groups is 1. The summed E-state index contributed by atoms with van der Waals surface area (Å²) in [5, 5.41) is 13.7. The SMILES string of the molecule is O[C@@H](C[P](=[W])(c1ccccc1)c1ccccc1)C1CCCC1. The quantitative estimate of drug-likeness (QED) is 0.646. The van der Waals surface area contributed by atoms with Gasteiger partial charge in [-0.3, -0.25) is 0 Å². The zero-order valence-corrected chi connectivity index (χ0v) is 16.6. The van der Waals surface area contributed by atoms with Crippen LogP contribution in [0, 0.1) is 5.92 Å². The van der Waals surface area contributed by atoms with E-state index >= 15 is 0 Å². The predicted molar refractivity (Wildman–Crippen MR) is 91.9 cm³/mol. The van der Waals surface area contributed by atoms with Crippen molar-refractivity contribution in [3.63, 3.8) is 0 Å². The molecule has 1 atom stereocenters. The van der Waals surface area contributed by atoms with E-state index in [1.165, 1.54) is 36.3 Å². The fourth-order valence-corrected chi connectivity index (χ4v) is 10.6. The molecule has 2 aromatic rings. The van der Waals surface area contributed by atoms with Crippen molar-refractivity contribution in [2.75, 3.05) is 6.16 Å². The summed E-state index contributed by atoms with van der Waals surface area (Å²) in [5.74, 6) is 0.520. The third kappa shape index (κ3) is 3.53. The van der Waals surface area contributed by atoms with Gasteiger partial charge >= 0.3 is 144 Å². The number of rotatable bonds is 5. The van der Waals surface area contributed by atoms with Crippen molar-refractivity contribution in [2.24, 2.45) is 5.92 Å². The zero-order chi connectivity index (χ0) is 15.4. The first kappa shape index (κ1) is 16.4. The Morgan fingerprint density at radius 2 is 1.36 bits per heavy atom. The molecule has 0 aliphatic heterocycles. The van der Waals surface area contributed by atoms with Crippen molar-refractivity contribution < 1.29 is 23.9 Å². The van der Waals surface area contributed by atoms with E-state index < -0.39 is 4.90 Å². The molecule has 0 amide bonds. The second-order valence-corrected chi connectivity index (χ2v) is 15.8. The molecule has 0 aromatic heterocycles. The molecule has 0 saturated heterocycles. The van der Waals surface area contributed by atoms with Crippen molar-refractivity contribution >= 4 is 15.5 Å². The molecular weight excluding hydrogens is 459 g/mol. The Bertz CT molecular complexity index is 591. The van der Waals surface area contributed by atoms with Crippen molar-refractivity contribution in [1.29, 1.82) is 0 Å². The molecule has 3 rings (SSSR count). The molecular formula is C19H23OPW. The number of hydrogen-bond acceptors (Lipinski definition) is 1. The maximum atomic E-state index is 10.8. The number of aliphatic hydroxyl groups excluding tert-OH is 1. The van der Waals surface area contributed by atoms with E-state index in [0.717, 1.165) is 6.16 Å². The van der Waals surface area contributed by atoms with E-state index in [-0.39, 0.29) is 6.10 Å². The Kier molecular flexibility index (Phi) is 5.50. The summed E-state index contributed by atoms with van der Waals surface area (Å²) >= 11 is 1.62. The van der Waals surface area contributed by atoms with E-state index in [1.807, 2.05) is 0 Å². The molecule has 0 radical (unpaired) electrons. The van der Waals surface area contributed by atoms with Gasteiger partial charge in [-0.15, -0.1) is 0 Å². The normalized spacial score (nSPS) is 17.5. The van der Waals surface area contributed by atoms with Gasteiger partial charge < -0.3 is 0 Å². The Labute approximate surface area is 143 Å². The average molecular weight is 482 g/mol. The zero-order valence-electron chi connectivity index (χ0n) is 12.8. The molecule has 116 valence electrons. The van der Waals surface area contributed by atoms with Crippen molar-refractivity contribution in [3.8, 4) is 0 Å². The van der Waals surface area contributed by atoms with E-state index in [0.29, 0.717) is 5.92 Å². The molecule has 0 unspecified atom stereocenters. The van der Waals surface area contributed by atoms with E-state index in [9.17, 15) is 5.11 Å². The van der Waals surface area contributed by atoms with Crippen LogP contribution in [-0.4, -0.2) is 17.4 Å². The second-order valence-electron chi connectivity index (χ2n) is 6.21. The second kappa shape index (κ2) is 7.39. The summed E-state index contributed by atoms with van der Waals surface area (Å²) in [6, 6.07) is 21.8. The first-order chi connectivity index (χ1) is 10.7. The first-order valence-corrected chi connectivity index (χ1v) is 13.9. The summed E-state index contributed by atoms with van der Waals surface area (Å²) in [5.41, 5.74) is 0. The first-order valence-electron chi connectivity index (χ1n) is 8.08. The molecule has 1 fully saturated rings. The molecule has 3 heteroatoms. The molecule has 0 bridgehead atoms. The fourth-order valence-electron chi connectivity index (χ4n) is 3.45. The molecule has 0 heterocycles. The van der Waals surface area contributed by atoms with Gasteiger partial charge in [0.15, 0.2) is 0 Å². The van der Waals surface area contributed by atoms with Gasteiger partial charge in [-0.1, -0.05) is 0 Å². The molecule has 1 saturated carbocycles. The van der Waals surface area contributed by atoms with Gasteiger partial charge in [0.25, 0.3) is 0 Å². The van der Waals surface area contributed by atoms with E-state index in [1.54, 1.807) is 18.8 Å². The summed E-state index contributed by atoms with van der Waals surface area (Å²) in [6.07, 6.45) is 5.80. The van der Waals surface area contributed by atoms with Crippen LogP contribution in [0.2, 0.25) is 0 Å². The van der Waals surface area contributed by atoms with E-state index in [2.05, 4.69) is 60.7 Å². The Hall–Kier alpha value is -0.482. The predicted octanol–water partition coefficient (Wildman–Crippen LogP) is 3.67. The van der Waals surface area contributed by atoms with Gasteiger partial charge in [0, 0.05) is 0 Å². The number of benzene rings is 2. The van der Waals surface area contributed by atoms with Crippen LogP contribution in [0.25, 0.3) is 0 Å². The van der Waals surface area contributed by atoms with Gasteiger partial charge in [0.2, 0.25) is 0 Å². The molecule has 1 N–H and O–H groups in total. The van der Waals surface area contributed by atoms with Crippen LogP contribution in [-0.2, 0) is 18.8 Å². The van der Waals surface area contributed by atoms with Crippen molar-refractivity contribution in [3.05, 3.63) is 60.7 Å². The van der Waals surface area contributed by atoms with Crippen LogP contribution in [0.15, 0.2) is 60.7 Å². The average Bonchev–Trinajstić information content (AvgIpc) is 3.11. The summed E-state index contributed by atoms with van der Waals surface area (Å²) in [4.78, 5) is -1.45. The summed E-state index contributed by atoms with van der Waals surface area (Å²) in [7, 11) is 0. The third-order valence-corrected chi connectivity index (χ3v) is 14.0. The van der Waals surface area contributed by atoms with E-state index in [4.69, 9.17) is 0 Å².